The van der Waals surface area contributed by atoms with Gasteiger partial charge in [0.05, 0.1) is 5.60 Å². The minimum Gasteiger partial charge on any atom is -0.385 e. The Morgan fingerprint density at radius 3 is 2.19 bits per heavy atom. The third-order valence-corrected chi connectivity index (χ3v) is 3.71. The van der Waals surface area contributed by atoms with Crippen molar-refractivity contribution in [3.8, 4) is 0 Å². The summed E-state index contributed by atoms with van der Waals surface area (Å²) in [6, 6.07) is 6.20. The second-order valence-corrected chi connectivity index (χ2v) is 4.79. The maximum Gasteiger partial charge on any atom is 0.123 e. The lowest BCUT2D eigenvalue weighted by atomic mass is 9.71. The number of hydrogen-bond donors (Lipinski definition) is 2. The largest absolute Gasteiger partial charge is 0.385 e. The first-order valence-corrected chi connectivity index (χ1v) is 5.74. The number of rotatable bonds is 1. The van der Waals surface area contributed by atoms with E-state index in [1.807, 2.05) is 13.8 Å². The smallest absolute Gasteiger partial charge is 0.123 e. The molecule has 1 aromatic carbocycles. The Labute approximate surface area is 95.5 Å². The molecule has 2 rings (SSSR count). The maximum atomic E-state index is 12.9. The minimum absolute atomic E-state index is 0.127. The van der Waals surface area contributed by atoms with Crippen molar-refractivity contribution in [1.29, 1.82) is 0 Å². The molecule has 2 nitrogen and oxygen atoms in total. The molecule has 0 bridgehead atoms. The summed E-state index contributed by atoms with van der Waals surface area (Å²) < 4.78 is 12.9. The lowest BCUT2D eigenvalue weighted by Crippen LogP contribution is -2.52. The van der Waals surface area contributed by atoms with Gasteiger partial charge in [-0.05, 0) is 17.7 Å². The molecule has 0 radical (unpaired) electrons. The molecule has 0 aromatic heterocycles. The summed E-state index contributed by atoms with van der Waals surface area (Å²) in [5.74, 6) is -0.00925. The van der Waals surface area contributed by atoms with Gasteiger partial charge in [0.25, 0.3) is 0 Å². The monoisotopic (exact) mass is 223 g/mol. The molecule has 1 saturated heterocycles. The fraction of sp³-hybridized carbons (Fsp3) is 0.538. The van der Waals surface area contributed by atoms with E-state index in [9.17, 15) is 9.50 Å². The average Bonchev–Trinajstić information content (AvgIpc) is 2.27. The van der Waals surface area contributed by atoms with Crippen LogP contribution in [0.25, 0.3) is 0 Å². The summed E-state index contributed by atoms with van der Waals surface area (Å²) in [6.07, 6.45) is 0. The number of nitrogens with one attached hydrogen (secondary N) is 1. The summed E-state index contributed by atoms with van der Waals surface area (Å²) in [7, 11) is 0. The molecule has 1 heterocycles. The Kier molecular flexibility index (Phi) is 3.00. The van der Waals surface area contributed by atoms with E-state index in [0.29, 0.717) is 0 Å². The van der Waals surface area contributed by atoms with Crippen molar-refractivity contribution in [3.05, 3.63) is 35.6 Å². The zero-order chi connectivity index (χ0) is 11.8. The van der Waals surface area contributed by atoms with E-state index in [0.717, 1.165) is 18.7 Å². The minimum atomic E-state index is -0.848. The third kappa shape index (κ3) is 1.74. The van der Waals surface area contributed by atoms with Gasteiger partial charge >= 0.3 is 0 Å². The van der Waals surface area contributed by atoms with Gasteiger partial charge in [0.15, 0.2) is 0 Å². The number of aliphatic hydroxyl groups is 1. The van der Waals surface area contributed by atoms with Crippen molar-refractivity contribution in [2.45, 2.75) is 19.4 Å². The number of hydrogen-bond acceptors (Lipinski definition) is 2. The first kappa shape index (κ1) is 11.6. The molecule has 88 valence electrons. The van der Waals surface area contributed by atoms with Gasteiger partial charge in [-0.15, -0.1) is 0 Å². The van der Waals surface area contributed by atoms with Crippen molar-refractivity contribution in [2.24, 2.45) is 11.8 Å². The third-order valence-electron chi connectivity index (χ3n) is 3.71. The van der Waals surface area contributed by atoms with Crippen molar-refractivity contribution in [1.82, 2.24) is 5.32 Å². The van der Waals surface area contributed by atoms with E-state index in [-0.39, 0.29) is 17.7 Å². The second kappa shape index (κ2) is 4.15. The van der Waals surface area contributed by atoms with Gasteiger partial charge in [-0.25, -0.2) is 4.39 Å². The zero-order valence-electron chi connectivity index (χ0n) is 9.70. The molecule has 1 aromatic rings. The van der Waals surface area contributed by atoms with E-state index >= 15 is 0 Å². The topological polar surface area (TPSA) is 32.3 Å². The van der Waals surface area contributed by atoms with Crippen LogP contribution in [0.5, 0.6) is 0 Å². The van der Waals surface area contributed by atoms with E-state index < -0.39 is 5.60 Å². The molecular formula is C13H18FNO. The van der Waals surface area contributed by atoms with Crippen LogP contribution in [0, 0.1) is 17.7 Å². The lowest BCUT2D eigenvalue weighted by Gasteiger charge is -2.44. The fourth-order valence-corrected chi connectivity index (χ4v) is 2.60. The molecule has 0 aliphatic carbocycles. The molecule has 2 N–H and O–H groups in total. The molecule has 0 spiro atoms. The summed E-state index contributed by atoms with van der Waals surface area (Å²) in [5, 5.41) is 14.1. The molecule has 1 aliphatic heterocycles. The molecule has 3 heteroatoms. The van der Waals surface area contributed by atoms with Crippen LogP contribution in [0.2, 0.25) is 0 Å². The fourth-order valence-electron chi connectivity index (χ4n) is 2.60. The second-order valence-electron chi connectivity index (χ2n) is 4.79. The zero-order valence-corrected chi connectivity index (χ0v) is 9.70. The van der Waals surface area contributed by atoms with Crippen LogP contribution in [0.4, 0.5) is 4.39 Å². The predicted octanol–water partition coefficient (Wildman–Crippen LogP) is 1.89. The first-order chi connectivity index (χ1) is 7.55. The van der Waals surface area contributed by atoms with Gasteiger partial charge < -0.3 is 10.4 Å². The molecule has 0 amide bonds. The molecule has 0 saturated carbocycles. The van der Waals surface area contributed by atoms with Gasteiger partial charge in [-0.1, -0.05) is 26.0 Å². The molecule has 1 aliphatic rings. The van der Waals surface area contributed by atoms with Gasteiger partial charge in [-0.3, -0.25) is 0 Å². The van der Waals surface area contributed by atoms with Crippen LogP contribution in [0.15, 0.2) is 24.3 Å². The highest BCUT2D eigenvalue weighted by atomic mass is 19.1. The van der Waals surface area contributed by atoms with Crippen LogP contribution in [0.1, 0.15) is 19.4 Å². The normalized spacial score (nSPS) is 35.0. The van der Waals surface area contributed by atoms with Crippen molar-refractivity contribution in [3.63, 3.8) is 0 Å². The van der Waals surface area contributed by atoms with Crippen molar-refractivity contribution >= 4 is 0 Å². The molecule has 0 unspecified atom stereocenters. The predicted molar refractivity (Wildman–Crippen MR) is 61.5 cm³/mol. The Bertz CT molecular complexity index is 353. The van der Waals surface area contributed by atoms with Crippen LogP contribution in [0.3, 0.4) is 0 Å². The van der Waals surface area contributed by atoms with Gasteiger partial charge in [0.2, 0.25) is 0 Å². The highest BCUT2D eigenvalue weighted by Gasteiger charge is 2.43. The summed E-state index contributed by atoms with van der Waals surface area (Å²) in [4.78, 5) is 0. The molecule has 3 atom stereocenters. The highest BCUT2D eigenvalue weighted by molar-refractivity contribution is 5.25. The van der Waals surface area contributed by atoms with E-state index in [1.165, 1.54) is 12.1 Å². The van der Waals surface area contributed by atoms with Gasteiger partial charge in [-0.2, -0.15) is 0 Å². The lowest BCUT2D eigenvalue weighted by molar-refractivity contribution is -0.0807. The van der Waals surface area contributed by atoms with Crippen LogP contribution in [-0.2, 0) is 5.60 Å². The molecule has 16 heavy (non-hydrogen) atoms. The van der Waals surface area contributed by atoms with Gasteiger partial charge in [0.1, 0.15) is 5.82 Å². The summed E-state index contributed by atoms with van der Waals surface area (Å²) in [5.41, 5.74) is -0.0331. The SMILES string of the molecule is C[C@@H]1CNC[C@H](C)[C@]1(O)c1ccc(F)cc1. The van der Waals surface area contributed by atoms with Crippen LogP contribution < -0.4 is 5.32 Å². The quantitative estimate of drug-likeness (QED) is 0.762. The van der Waals surface area contributed by atoms with Crippen molar-refractivity contribution < 1.29 is 9.50 Å². The Balaban J connectivity index is 2.38. The van der Waals surface area contributed by atoms with Gasteiger partial charge in [0, 0.05) is 24.9 Å². The standard InChI is InChI=1S/C13H18FNO/c1-9-7-15-8-10(2)13(9,16)11-3-5-12(14)6-4-11/h3-6,9-10,15-16H,7-8H2,1-2H3/t9-,10+,13+. The maximum absolute atomic E-state index is 12.9. The Hall–Kier alpha value is -0.930. The molecular weight excluding hydrogens is 205 g/mol. The first-order valence-electron chi connectivity index (χ1n) is 5.74. The van der Waals surface area contributed by atoms with E-state index in [1.54, 1.807) is 12.1 Å². The summed E-state index contributed by atoms with van der Waals surface area (Å²) in [6.45, 7) is 5.62. The van der Waals surface area contributed by atoms with Crippen LogP contribution >= 0.6 is 0 Å². The summed E-state index contributed by atoms with van der Waals surface area (Å²) >= 11 is 0. The number of benzene rings is 1. The highest BCUT2D eigenvalue weighted by Crippen LogP contribution is 2.38. The number of halogens is 1. The van der Waals surface area contributed by atoms with E-state index in [2.05, 4.69) is 5.32 Å². The van der Waals surface area contributed by atoms with E-state index in [4.69, 9.17) is 0 Å². The average molecular weight is 223 g/mol. The van der Waals surface area contributed by atoms with Crippen molar-refractivity contribution in [2.75, 3.05) is 13.1 Å². The Morgan fingerprint density at radius 1 is 1.19 bits per heavy atom. The molecule has 1 fully saturated rings. The number of piperidine rings is 1. The Morgan fingerprint density at radius 2 is 1.69 bits per heavy atom. The van der Waals surface area contributed by atoms with Crippen LogP contribution in [-0.4, -0.2) is 18.2 Å².